The normalized spacial score (nSPS) is 14.3. The number of carbonyl (C=O) groups excluding carboxylic acids is 1. The van der Waals surface area contributed by atoms with Gasteiger partial charge in [-0.1, -0.05) is 19.8 Å². The van der Waals surface area contributed by atoms with Gasteiger partial charge in [0, 0.05) is 50.8 Å². The lowest BCUT2D eigenvalue weighted by atomic mass is 10.2. The molecule has 1 aliphatic heterocycles. The number of piperazine rings is 1. The first-order valence-corrected chi connectivity index (χ1v) is 9.58. The minimum Gasteiger partial charge on any atom is -0.354 e. The fraction of sp³-hybridized carbons (Fsp3) is 0.526. The molecule has 2 aromatic rings. The molecule has 1 amide bonds. The molecule has 0 radical (unpaired) electrons. The number of hydrogen-bond donors (Lipinski definition) is 1. The number of carbonyl (C=O) groups is 1. The molecule has 8 nitrogen and oxygen atoms in total. The second-order valence-electron chi connectivity index (χ2n) is 6.68. The van der Waals surface area contributed by atoms with Gasteiger partial charge in [0.25, 0.3) is 5.91 Å². The smallest absolute Gasteiger partial charge is 0.272 e. The van der Waals surface area contributed by atoms with Crippen molar-refractivity contribution in [2.24, 2.45) is 0 Å². The van der Waals surface area contributed by atoms with Crippen LogP contribution in [0.3, 0.4) is 0 Å². The maximum Gasteiger partial charge on any atom is 0.272 e. The van der Waals surface area contributed by atoms with E-state index in [4.69, 9.17) is 0 Å². The fourth-order valence-electron chi connectivity index (χ4n) is 3.06. The van der Waals surface area contributed by atoms with Crippen molar-refractivity contribution in [3.8, 4) is 0 Å². The van der Waals surface area contributed by atoms with E-state index in [-0.39, 0.29) is 5.91 Å². The zero-order chi connectivity index (χ0) is 19.1. The van der Waals surface area contributed by atoms with Gasteiger partial charge in [0.2, 0.25) is 11.9 Å². The van der Waals surface area contributed by atoms with Gasteiger partial charge in [-0.3, -0.25) is 4.79 Å². The maximum absolute atomic E-state index is 12.9. The van der Waals surface area contributed by atoms with Gasteiger partial charge < -0.3 is 15.1 Å². The summed E-state index contributed by atoms with van der Waals surface area (Å²) < 4.78 is 0. The van der Waals surface area contributed by atoms with Crippen molar-refractivity contribution in [3.63, 3.8) is 0 Å². The Morgan fingerprint density at radius 2 is 1.85 bits per heavy atom. The van der Waals surface area contributed by atoms with Crippen molar-refractivity contribution in [3.05, 3.63) is 35.9 Å². The predicted octanol–water partition coefficient (Wildman–Crippen LogP) is 2.14. The number of anilines is 2. The number of unbranched alkanes of at least 4 members (excludes halogenated alkanes) is 2. The van der Waals surface area contributed by atoms with Crippen LogP contribution in [0.25, 0.3) is 0 Å². The average molecular weight is 369 g/mol. The van der Waals surface area contributed by atoms with Crippen molar-refractivity contribution in [1.29, 1.82) is 0 Å². The third-order valence-electron chi connectivity index (χ3n) is 4.54. The zero-order valence-corrected chi connectivity index (χ0v) is 16.1. The Morgan fingerprint density at radius 3 is 2.56 bits per heavy atom. The fourth-order valence-corrected chi connectivity index (χ4v) is 3.06. The molecule has 0 unspecified atom stereocenters. The van der Waals surface area contributed by atoms with Crippen molar-refractivity contribution in [2.75, 3.05) is 42.9 Å². The predicted molar refractivity (Wildman–Crippen MR) is 105 cm³/mol. The van der Waals surface area contributed by atoms with Crippen LogP contribution >= 0.6 is 0 Å². The van der Waals surface area contributed by atoms with Gasteiger partial charge in [-0.25, -0.2) is 19.9 Å². The lowest BCUT2D eigenvalue weighted by molar-refractivity contribution is 0.0740. The van der Waals surface area contributed by atoms with E-state index in [1.54, 1.807) is 24.5 Å². The molecule has 144 valence electrons. The standard InChI is InChI=1S/C19H27N7O/c1-3-4-5-7-20-18-23-15(2)14-16(24-18)17(27)25-10-12-26(13-11-25)19-21-8-6-9-22-19/h6,8-9,14H,3-5,7,10-13H2,1-2H3,(H,20,23,24). The van der Waals surface area contributed by atoms with Gasteiger partial charge in [0.1, 0.15) is 5.69 Å². The molecule has 0 atom stereocenters. The van der Waals surface area contributed by atoms with Gasteiger partial charge in [-0.2, -0.15) is 0 Å². The van der Waals surface area contributed by atoms with E-state index < -0.39 is 0 Å². The summed E-state index contributed by atoms with van der Waals surface area (Å²) in [5.41, 5.74) is 1.24. The van der Waals surface area contributed by atoms with Crippen LogP contribution < -0.4 is 10.2 Å². The topological polar surface area (TPSA) is 87.1 Å². The Hall–Kier alpha value is -2.77. The van der Waals surface area contributed by atoms with Crippen molar-refractivity contribution in [2.45, 2.75) is 33.1 Å². The number of nitrogens with zero attached hydrogens (tertiary/aromatic N) is 6. The van der Waals surface area contributed by atoms with Crippen LogP contribution in [0, 0.1) is 6.92 Å². The summed E-state index contributed by atoms with van der Waals surface area (Å²) in [4.78, 5) is 34.2. The summed E-state index contributed by atoms with van der Waals surface area (Å²) in [6.45, 7) is 7.55. The van der Waals surface area contributed by atoms with Crippen LogP contribution in [0.4, 0.5) is 11.9 Å². The van der Waals surface area contributed by atoms with Gasteiger partial charge in [-0.05, 0) is 25.5 Å². The third kappa shape index (κ3) is 5.12. The van der Waals surface area contributed by atoms with E-state index in [0.717, 1.165) is 18.7 Å². The Morgan fingerprint density at radius 1 is 1.11 bits per heavy atom. The lowest BCUT2D eigenvalue weighted by Gasteiger charge is -2.34. The van der Waals surface area contributed by atoms with E-state index >= 15 is 0 Å². The summed E-state index contributed by atoms with van der Waals surface area (Å²) in [6, 6.07) is 3.56. The van der Waals surface area contributed by atoms with Gasteiger partial charge >= 0.3 is 0 Å². The summed E-state index contributed by atoms with van der Waals surface area (Å²) in [5.74, 6) is 1.19. The highest BCUT2D eigenvalue weighted by atomic mass is 16.2. The lowest BCUT2D eigenvalue weighted by Crippen LogP contribution is -2.49. The van der Waals surface area contributed by atoms with E-state index in [1.165, 1.54) is 12.8 Å². The van der Waals surface area contributed by atoms with Gasteiger partial charge in [0.15, 0.2) is 0 Å². The number of nitrogens with one attached hydrogen (secondary N) is 1. The molecule has 0 bridgehead atoms. The van der Waals surface area contributed by atoms with Crippen LogP contribution in [0.5, 0.6) is 0 Å². The highest BCUT2D eigenvalue weighted by Gasteiger charge is 2.24. The minimum atomic E-state index is -0.0502. The molecule has 2 aromatic heterocycles. The van der Waals surface area contributed by atoms with E-state index in [0.29, 0.717) is 43.8 Å². The average Bonchev–Trinajstić information content (AvgIpc) is 2.71. The highest BCUT2D eigenvalue weighted by molar-refractivity contribution is 5.92. The van der Waals surface area contributed by atoms with Crippen LogP contribution in [-0.4, -0.2) is 63.5 Å². The van der Waals surface area contributed by atoms with Crippen molar-refractivity contribution >= 4 is 17.8 Å². The summed E-state index contributed by atoms with van der Waals surface area (Å²) in [6.07, 6.45) is 6.87. The molecule has 0 spiro atoms. The Bertz CT molecular complexity index is 745. The molecule has 3 rings (SSSR count). The minimum absolute atomic E-state index is 0.0502. The summed E-state index contributed by atoms with van der Waals surface area (Å²) in [5, 5.41) is 3.23. The van der Waals surface area contributed by atoms with Gasteiger partial charge in [-0.15, -0.1) is 0 Å². The molecular weight excluding hydrogens is 342 g/mol. The first kappa shape index (κ1) is 19.0. The second kappa shape index (κ2) is 9.25. The maximum atomic E-state index is 12.9. The largest absolute Gasteiger partial charge is 0.354 e. The van der Waals surface area contributed by atoms with Crippen LogP contribution in [0.15, 0.2) is 24.5 Å². The third-order valence-corrected chi connectivity index (χ3v) is 4.54. The number of aromatic nitrogens is 4. The first-order chi connectivity index (χ1) is 13.2. The highest BCUT2D eigenvalue weighted by Crippen LogP contribution is 2.13. The number of amides is 1. The Balaban J connectivity index is 1.60. The van der Waals surface area contributed by atoms with E-state index in [2.05, 4.69) is 37.1 Å². The van der Waals surface area contributed by atoms with E-state index in [9.17, 15) is 4.79 Å². The summed E-state index contributed by atoms with van der Waals surface area (Å²) >= 11 is 0. The summed E-state index contributed by atoms with van der Waals surface area (Å²) in [7, 11) is 0. The second-order valence-corrected chi connectivity index (χ2v) is 6.68. The van der Waals surface area contributed by atoms with Crippen LogP contribution in [-0.2, 0) is 0 Å². The molecule has 0 saturated carbocycles. The van der Waals surface area contributed by atoms with Crippen molar-refractivity contribution < 1.29 is 4.79 Å². The molecule has 3 heterocycles. The van der Waals surface area contributed by atoms with Gasteiger partial charge in [0.05, 0.1) is 0 Å². The molecule has 1 N–H and O–H groups in total. The molecule has 1 fully saturated rings. The number of rotatable bonds is 7. The monoisotopic (exact) mass is 369 g/mol. The SMILES string of the molecule is CCCCCNc1nc(C)cc(C(=O)N2CCN(c3ncccn3)CC2)n1. The Labute approximate surface area is 160 Å². The van der Waals surface area contributed by atoms with Crippen molar-refractivity contribution in [1.82, 2.24) is 24.8 Å². The first-order valence-electron chi connectivity index (χ1n) is 9.58. The zero-order valence-electron chi connectivity index (χ0n) is 16.1. The molecule has 0 aromatic carbocycles. The Kier molecular flexibility index (Phi) is 6.51. The quantitative estimate of drug-likeness (QED) is 0.748. The molecule has 0 aliphatic carbocycles. The molecular formula is C19H27N7O. The van der Waals surface area contributed by atoms with E-state index in [1.807, 2.05) is 11.8 Å². The molecule has 27 heavy (non-hydrogen) atoms. The van der Waals surface area contributed by atoms with Crippen LogP contribution in [0.2, 0.25) is 0 Å². The number of hydrogen-bond acceptors (Lipinski definition) is 7. The molecule has 1 saturated heterocycles. The van der Waals surface area contributed by atoms with Crippen LogP contribution in [0.1, 0.15) is 42.4 Å². The molecule has 8 heteroatoms. The number of aryl methyl sites for hydroxylation is 1. The molecule has 1 aliphatic rings.